The summed E-state index contributed by atoms with van der Waals surface area (Å²) in [6.07, 6.45) is 2.96. The third-order valence-electron chi connectivity index (χ3n) is 3.61. The molecule has 0 amide bonds. The van der Waals surface area contributed by atoms with E-state index < -0.39 is 5.97 Å². The molecule has 1 rings (SSSR count). The highest BCUT2D eigenvalue weighted by Gasteiger charge is 2.30. The summed E-state index contributed by atoms with van der Waals surface area (Å²) in [5.41, 5.74) is 0. The minimum absolute atomic E-state index is 0.162. The van der Waals surface area contributed by atoms with Crippen LogP contribution < -0.4 is 5.32 Å². The van der Waals surface area contributed by atoms with Gasteiger partial charge in [0.2, 0.25) is 0 Å². The summed E-state index contributed by atoms with van der Waals surface area (Å²) < 4.78 is 4.78. The molecule has 1 fully saturated rings. The smallest absolute Gasteiger partial charge is 0.323 e. The van der Waals surface area contributed by atoms with E-state index >= 15 is 0 Å². The lowest BCUT2D eigenvalue weighted by molar-refractivity contribution is -0.146. The highest BCUT2D eigenvalue weighted by molar-refractivity contribution is 5.76. The number of hydrogen-bond donors (Lipinski definition) is 2. The maximum atomic E-state index is 11.6. The summed E-state index contributed by atoms with van der Waals surface area (Å²) in [5.74, 6) is -1.01. The van der Waals surface area contributed by atoms with E-state index in [0.29, 0.717) is 12.8 Å². The minimum Gasteiger partial charge on any atom is -0.481 e. The molecule has 1 atom stereocenters. The average Bonchev–Trinajstić information content (AvgIpc) is 2.35. The van der Waals surface area contributed by atoms with Crippen molar-refractivity contribution in [1.29, 1.82) is 0 Å². The highest BCUT2D eigenvalue weighted by atomic mass is 16.5. The van der Waals surface area contributed by atoms with E-state index in [1.807, 2.05) is 13.8 Å². The van der Waals surface area contributed by atoms with Crippen LogP contribution in [0.15, 0.2) is 0 Å². The molecular weight excluding hydrogens is 234 g/mol. The molecule has 0 radical (unpaired) electrons. The first-order chi connectivity index (χ1) is 8.45. The summed E-state index contributed by atoms with van der Waals surface area (Å²) in [7, 11) is 1.39. The van der Waals surface area contributed by atoms with Gasteiger partial charge < -0.3 is 15.2 Å². The van der Waals surface area contributed by atoms with Gasteiger partial charge >= 0.3 is 11.9 Å². The Balaban J connectivity index is 2.47. The van der Waals surface area contributed by atoms with Crippen LogP contribution in [-0.4, -0.2) is 36.2 Å². The van der Waals surface area contributed by atoms with Crippen molar-refractivity contribution in [2.45, 2.75) is 51.6 Å². The van der Waals surface area contributed by atoms with Crippen molar-refractivity contribution in [2.75, 3.05) is 7.11 Å². The molecule has 0 saturated heterocycles. The number of hydrogen-bond acceptors (Lipinski definition) is 4. The van der Waals surface area contributed by atoms with Gasteiger partial charge in [-0.15, -0.1) is 0 Å². The van der Waals surface area contributed by atoms with Crippen molar-refractivity contribution >= 4 is 11.9 Å². The van der Waals surface area contributed by atoms with Gasteiger partial charge in [0.1, 0.15) is 6.04 Å². The molecule has 0 aromatic heterocycles. The van der Waals surface area contributed by atoms with Gasteiger partial charge in [0.05, 0.1) is 13.0 Å². The van der Waals surface area contributed by atoms with Gasteiger partial charge in [-0.1, -0.05) is 13.8 Å². The van der Waals surface area contributed by atoms with Crippen LogP contribution in [0.4, 0.5) is 0 Å². The lowest BCUT2D eigenvalue weighted by Gasteiger charge is -2.31. The lowest BCUT2D eigenvalue weighted by atomic mass is 9.85. The zero-order chi connectivity index (χ0) is 13.7. The van der Waals surface area contributed by atoms with Crippen LogP contribution in [0.25, 0.3) is 0 Å². The summed E-state index contributed by atoms with van der Waals surface area (Å²) in [6, 6.07) is -0.0894. The first-order valence-electron chi connectivity index (χ1n) is 6.52. The molecule has 104 valence electrons. The number of carbonyl (C=O) groups is 2. The number of carboxylic acids is 1. The van der Waals surface area contributed by atoms with Crippen LogP contribution in [0.2, 0.25) is 0 Å². The van der Waals surface area contributed by atoms with Gasteiger partial charge in [0, 0.05) is 6.04 Å². The molecule has 0 heterocycles. The van der Waals surface area contributed by atoms with Gasteiger partial charge in [-0.25, -0.2) is 0 Å². The molecule has 5 heteroatoms. The van der Waals surface area contributed by atoms with E-state index in [2.05, 4.69) is 5.32 Å². The van der Waals surface area contributed by atoms with Crippen LogP contribution in [0, 0.1) is 11.8 Å². The maximum Gasteiger partial charge on any atom is 0.323 e. The van der Waals surface area contributed by atoms with Crippen molar-refractivity contribution in [1.82, 2.24) is 5.32 Å². The Morgan fingerprint density at radius 3 is 2.17 bits per heavy atom. The standard InChI is InChI=1S/C13H23NO4/c1-8(2)11(13(17)18-3)14-10-6-4-9(5-7-10)12(15)16/h8-11,14H,4-7H2,1-3H3,(H,15,16)/t9?,10?,11-/m0/s1. The summed E-state index contributed by atoms with van der Waals surface area (Å²) in [6.45, 7) is 3.94. The fourth-order valence-electron chi connectivity index (χ4n) is 2.42. The molecule has 0 bridgehead atoms. The number of nitrogens with one attached hydrogen (secondary N) is 1. The van der Waals surface area contributed by atoms with Crippen LogP contribution in [0.1, 0.15) is 39.5 Å². The van der Waals surface area contributed by atoms with Gasteiger partial charge in [-0.2, -0.15) is 0 Å². The van der Waals surface area contributed by atoms with Gasteiger partial charge in [-0.3, -0.25) is 9.59 Å². The van der Waals surface area contributed by atoms with Crippen molar-refractivity contribution in [2.24, 2.45) is 11.8 Å². The minimum atomic E-state index is -0.707. The predicted molar refractivity (Wildman–Crippen MR) is 67.2 cm³/mol. The monoisotopic (exact) mass is 257 g/mol. The number of carboxylic acid groups (broad SMARTS) is 1. The summed E-state index contributed by atoms with van der Waals surface area (Å²) in [5, 5.41) is 12.2. The Hall–Kier alpha value is -1.10. The third kappa shape index (κ3) is 3.98. The second-order valence-corrected chi connectivity index (χ2v) is 5.30. The van der Waals surface area contributed by atoms with Crippen molar-refractivity contribution in [3.05, 3.63) is 0 Å². The SMILES string of the molecule is COC(=O)[C@@H](NC1CCC(C(=O)O)CC1)C(C)C. The van der Waals surface area contributed by atoms with Crippen molar-refractivity contribution in [3.63, 3.8) is 0 Å². The Kier molecular flexibility index (Phi) is 5.59. The Morgan fingerprint density at radius 1 is 1.22 bits per heavy atom. The van der Waals surface area contributed by atoms with Crippen LogP contribution >= 0.6 is 0 Å². The first-order valence-corrected chi connectivity index (χ1v) is 6.52. The van der Waals surface area contributed by atoms with E-state index in [0.717, 1.165) is 12.8 Å². The molecule has 2 N–H and O–H groups in total. The van der Waals surface area contributed by atoms with E-state index in [4.69, 9.17) is 9.84 Å². The highest BCUT2D eigenvalue weighted by Crippen LogP contribution is 2.25. The van der Waals surface area contributed by atoms with E-state index in [1.54, 1.807) is 0 Å². The number of methoxy groups -OCH3 is 1. The molecule has 0 spiro atoms. The second-order valence-electron chi connectivity index (χ2n) is 5.30. The van der Waals surface area contributed by atoms with E-state index in [-0.39, 0.29) is 29.9 Å². The second kappa shape index (κ2) is 6.73. The largest absolute Gasteiger partial charge is 0.481 e. The Morgan fingerprint density at radius 2 is 1.78 bits per heavy atom. The normalized spacial score (nSPS) is 25.8. The zero-order valence-corrected chi connectivity index (χ0v) is 11.3. The number of esters is 1. The van der Waals surface area contributed by atoms with E-state index in [9.17, 15) is 9.59 Å². The molecule has 5 nitrogen and oxygen atoms in total. The third-order valence-corrected chi connectivity index (χ3v) is 3.61. The van der Waals surface area contributed by atoms with Crippen molar-refractivity contribution < 1.29 is 19.4 Å². The topological polar surface area (TPSA) is 75.6 Å². The van der Waals surface area contributed by atoms with E-state index in [1.165, 1.54) is 7.11 Å². The number of rotatable bonds is 5. The molecule has 0 aliphatic heterocycles. The molecule has 0 unspecified atom stereocenters. The van der Waals surface area contributed by atoms with Crippen LogP contribution in [0.3, 0.4) is 0 Å². The first kappa shape index (κ1) is 15.0. The quantitative estimate of drug-likeness (QED) is 0.728. The van der Waals surface area contributed by atoms with Gasteiger partial charge in [0.25, 0.3) is 0 Å². The summed E-state index contributed by atoms with van der Waals surface area (Å²) in [4.78, 5) is 22.5. The maximum absolute atomic E-state index is 11.6. The Bertz CT molecular complexity index is 295. The fourth-order valence-corrected chi connectivity index (χ4v) is 2.42. The number of ether oxygens (including phenoxy) is 1. The Labute approximate surface area is 108 Å². The lowest BCUT2D eigenvalue weighted by Crippen LogP contribution is -2.48. The van der Waals surface area contributed by atoms with Gasteiger partial charge in [0.15, 0.2) is 0 Å². The summed E-state index contributed by atoms with van der Waals surface area (Å²) >= 11 is 0. The molecule has 0 aromatic rings. The molecule has 0 aromatic carbocycles. The molecule has 1 aliphatic carbocycles. The zero-order valence-electron chi connectivity index (χ0n) is 11.3. The molecule has 18 heavy (non-hydrogen) atoms. The average molecular weight is 257 g/mol. The predicted octanol–water partition coefficient (Wildman–Crippen LogP) is 1.42. The number of aliphatic carboxylic acids is 1. The molecule has 1 aliphatic rings. The van der Waals surface area contributed by atoms with Crippen LogP contribution in [-0.2, 0) is 14.3 Å². The van der Waals surface area contributed by atoms with Crippen molar-refractivity contribution in [3.8, 4) is 0 Å². The number of carbonyl (C=O) groups excluding carboxylic acids is 1. The molecular formula is C13H23NO4. The molecule has 1 saturated carbocycles. The fraction of sp³-hybridized carbons (Fsp3) is 0.846. The van der Waals surface area contributed by atoms with Gasteiger partial charge in [-0.05, 0) is 31.6 Å². The van der Waals surface area contributed by atoms with Crippen LogP contribution in [0.5, 0.6) is 0 Å².